The third-order valence-electron chi connectivity index (χ3n) is 5.85. The van der Waals surface area contributed by atoms with E-state index in [-0.39, 0.29) is 18.4 Å². The highest BCUT2D eigenvalue weighted by Gasteiger charge is 2.46. The minimum absolute atomic E-state index is 0.0280. The van der Waals surface area contributed by atoms with Crippen LogP contribution in [0.2, 0.25) is 0 Å². The Hall–Kier alpha value is -2.17. The van der Waals surface area contributed by atoms with Crippen molar-refractivity contribution in [3.05, 3.63) is 71.3 Å². The number of amides is 1. The number of nitrogens with one attached hydrogen (secondary N) is 1. The Balaban J connectivity index is 1.44. The van der Waals surface area contributed by atoms with E-state index in [2.05, 4.69) is 34.5 Å². The molecule has 2 aromatic carbocycles. The predicted octanol–water partition coefficient (Wildman–Crippen LogP) is 3.02. The smallest absolute Gasteiger partial charge is 0.225 e. The fourth-order valence-corrected chi connectivity index (χ4v) is 4.61. The fraction of sp³-hybridized carbons (Fsp3) is 0.409. The number of fused-ring (bicyclic) bond motifs is 1. The summed E-state index contributed by atoms with van der Waals surface area (Å²) in [4.78, 5) is 15.4. The maximum Gasteiger partial charge on any atom is 0.225 e. The zero-order valence-electron chi connectivity index (χ0n) is 15.0. The van der Waals surface area contributed by atoms with Gasteiger partial charge >= 0.3 is 0 Å². The number of aliphatic hydroxyl groups is 1. The van der Waals surface area contributed by atoms with Crippen LogP contribution in [0.4, 0.5) is 0 Å². The molecule has 4 nitrogen and oxygen atoms in total. The lowest BCUT2D eigenvalue weighted by Gasteiger charge is -2.24. The summed E-state index contributed by atoms with van der Waals surface area (Å²) in [5.74, 6) is 0.221. The standard InChI is InChI=1S/C22H26N2O2/c25-15-17-7-4-6-16(12-17)14-23-22(26)19-13-21(18-8-2-1-3-9-18)24-11-5-10-20(19)24/h1-4,6-9,12,19-21,25H,5,10-11,13-15H2,(H,23,26)/t19-,20+,21-/m1/s1. The molecule has 2 aliphatic heterocycles. The zero-order chi connectivity index (χ0) is 17.9. The minimum atomic E-state index is 0.0280. The summed E-state index contributed by atoms with van der Waals surface area (Å²) in [6.45, 7) is 1.64. The van der Waals surface area contributed by atoms with E-state index >= 15 is 0 Å². The van der Waals surface area contributed by atoms with Crippen LogP contribution in [0, 0.1) is 5.92 Å². The fourth-order valence-electron chi connectivity index (χ4n) is 4.61. The van der Waals surface area contributed by atoms with Crippen LogP contribution in [0.25, 0.3) is 0 Å². The van der Waals surface area contributed by atoms with Crippen LogP contribution in [0.1, 0.15) is 42.0 Å². The molecule has 2 aromatic rings. The van der Waals surface area contributed by atoms with Crippen molar-refractivity contribution in [1.82, 2.24) is 10.2 Å². The molecule has 26 heavy (non-hydrogen) atoms. The monoisotopic (exact) mass is 350 g/mol. The van der Waals surface area contributed by atoms with Crippen molar-refractivity contribution in [3.63, 3.8) is 0 Å². The molecule has 4 heteroatoms. The molecule has 0 aliphatic carbocycles. The summed E-state index contributed by atoms with van der Waals surface area (Å²) in [5, 5.41) is 12.4. The SMILES string of the molecule is O=C(NCc1cccc(CO)c1)[C@@H]1C[C@H](c2ccccc2)N2CCC[C@@H]12. The average molecular weight is 350 g/mol. The lowest BCUT2D eigenvalue weighted by Crippen LogP contribution is -2.37. The molecule has 0 aromatic heterocycles. The number of carbonyl (C=O) groups is 1. The topological polar surface area (TPSA) is 52.6 Å². The molecular weight excluding hydrogens is 324 g/mol. The van der Waals surface area contributed by atoms with E-state index in [1.54, 1.807) is 0 Å². The highest BCUT2D eigenvalue weighted by atomic mass is 16.3. The summed E-state index contributed by atoms with van der Waals surface area (Å²) in [7, 11) is 0. The molecule has 0 saturated carbocycles. The molecule has 2 N–H and O–H groups in total. The third-order valence-corrected chi connectivity index (χ3v) is 5.85. The highest BCUT2D eigenvalue weighted by molar-refractivity contribution is 5.80. The van der Waals surface area contributed by atoms with Crippen molar-refractivity contribution in [2.24, 2.45) is 5.92 Å². The number of rotatable bonds is 5. The largest absolute Gasteiger partial charge is 0.392 e. The maximum absolute atomic E-state index is 12.9. The Morgan fingerprint density at radius 2 is 1.92 bits per heavy atom. The van der Waals surface area contributed by atoms with E-state index < -0.39 is 0 Å². The van der Waals surface area contributed by atoms with Crippen molar-refractivity contribution in [2.75, 3.05) is 6.54 Å². The minimum Gasteiger partial charge on any atom is -0.392 e. The number of benzene rings is 2. The van der Waals surface area contributed by atoms with Crippen LogP contribution in [0.3, 0.4) is 0 Å². The number of carbonyl (C=O) groups excluding carboxylic acids is 1. The molecule has 0 radical (unpaired) electrons. The Morgan fingerprint density at radius 3 is 2.73 bits per heavy atom. The van der Waals surface area contributed by atoms with Crippen molar-refractivity contribution in [2.45, 2.75) is 44.5 Å². The summed E-state index contributed by atoms with van der Waals surface area (Å²) < 4.78 is 0. The number of nitrogens with zero attached hydrogens (tertiary/aromatic N) is 1. The predicted molar refractivity (Wildman–Crippen MR) is 101 cm³/mol. The first kappa shape index (κ1) is 17.3. The molecule has 2 fully saturated rings. The summed E-state index contributed by atoms with van der Waals surface area (Å²) in [6.07, 6.45) is 3.19. The quantitative estimate of drug-likeness (QED) is 0.871. The third kappa shape index (κ3) is 3.39. The molecule has 0 bridgehead atoms. The van der Waals surface area contributed by atoms with Crippen LogP contribution in [0.5, 0.6) is 0 Å². The van der Waals surface area contributed by atoms with Gasteiger partial charge in [0.25, 0.3) is 0 Å². The number of hydrogen-bond donors (Lipinski definition) is 2. The van der Waals surface area contributed by atoms with E-state index in [1.165, 1.54) is 12.0 Å². The second-order valence-corrected chi connectivity index (χ2v) is 7.41. The summed E-state index contributed by atoms with van der Waals surface area (Å²) >= 11 is 0. The van der Waals surface area contributed by atoms with Crippen molar-refractivity contribution in [1.29, 1.82) is 0 Å². The Bertz CT molecular complexity index is 762. The van der Waals surface area contributed by atoms with Gasteiger partial charge in [-0.25, -0.2) is 0 Å². The van der Waals surface area contributed by atoms with E-state index in [0.29, 0.717) is 18.6 Å². The van der Waals surface area contributed by atoms with E-state index in [1.807, 2.05) is 30.3 Å². The van der Waals surface area contributed by atoms with Gasteiger partial charge in [-0.2, -0.15) is 0 Å². The molecule has 2 saturated heterocycles. The van der Waals surface area contributed by atoms with Gasteiger partial charge in [0.2, 0.25) is 5.91 Å². The Morgan fingerprint density at radius 1 is 1.12 bits per heavy atom. The molecular formula is C22H26N2O2. The van der Waals surface area contributed by atoms with Gasteiger partial charge in [-0.15, -0.1) is 0 Å². The van der Waals surface area contributed by atoms with Crippen molar-refractivity contribution >= 4 is 5.91 Å². The molecule has 0 spiro atoms. The Labute approximate surface area is 154 Å². The normalized spacial score (nSPS) is 25.2. The zero-order valence-corrected chi connectivity index (χ0v) is 15.0. The van der Waals surface area contributed by atoms with Gasteiger partial charge in [-0.3, -0.25) is 9.69 Å². The first-order valence-electron chi connectivity index (χ1n) is 9.53. The second kappa shape index (κ2) is 7.60. The van der Waals surface area contributed by atoms with Crippen LogP contribution in [-0.2, 0) is 17.9 Å². The summed E-state index contributed by atoms with van der Waals surface area (Å²) in [6, 6.07) is 19.1. The number of aliphatic hydroxyl groups excluding tert-OH is 1. The van der Waals surface area contributed by atoms with E-state index in [9.17, 15) is 9.90 Å². The highest BCUT2D eigenvalue weighted by Crippen LogP contribution is 2.44. The maximum atomic E-state index is 12.9. The number of hydrogen-bond acceptors (Lipinski definition) is 3. The van der Waals surface area contributed by atoms with Gasteiger partial charge in [0.15, 0.2) is 0 Å². The second-order valence-electron chi connectivity index (χ2n) is 7.41. The molecule has 2 heterocycles. The average Bonchev–Trinajstić information content (AvgIpc) is 3.29. The van der Waals surface area contributed by atoms with E-state index in [0.717, 1.165) is 30.5 Å². The van der Waals surface area contributed by atoms with Gasteiger partial charge in [-0.05, 0) is 42.5 Å². The van der Waals surface area contributed by atoms with Crippen LogP contribution < -0.4 is 5.32 Å². The van der Waals surface area contributed by atoms with Crippen LogP contribution >= 0.6 is 0 Å². The Kier molecular flexibility index (Phi) is 5.05. The van der Waals surface area contributed by atoms with Gasteiger partial charge in [0.1, 0.15) is 0 Å². The van der Waals surface area contributed by atoms with Crippen LogP contribution in [0.15, 0.2) is 54.6 Å². The molecule has 136 valence electrons. The van der Waals surface area contributed by atoms with Gasteiger partial charge < -0.3 is 10.4 Å². The molecule has 0 unspecified atom stereocenters. The van der Waals surface area contributed by atoms with Gasteiger partial charge in [0, 0.05) is 18.6 Å². The molecule has 4 rings (SSSR count). The van der Waals surface area contributed by atoms with Crippen molar-refractivity contribution in [3.8, 4) is 0 Å². The van der Waals surface area contributed by atoms with Crippen molar-refractivity contribution < 1.29 is 9.90 Å². The molecule has 3 atom stereocenters. The van der Waals surface area contributed by atoms with Gasteiger partial charge in [-0.1, -0.05) is 54.6 Å². The first-order valence-corrected chi connectivity index (χ1v) is 9.53. The molecule has 1 amide bonds. The summed E-state index contributed by atoms with van der Waals surface area (Å²) in [5.41, 5.74) is 3.24. The van der Waals surface area contributed by atoms with Crippen LogP contribution in [-0.4, -0.2) is 28.5 Å². The van der Waals surface area contributed by atoms with E-state index in [4.69, 9.17) is 0 Å². The lowest BCUT2D eigenvalue weighted by atomic mass is 9.93. The van der Waals surface area contributed by atoms with Gasteiger partial charge in [0.05, 0.1) is 12.5 Å². The molecule has 2 aliphatic rings. The lowest BCUT2D eigenvalue weighted by molar-refractivity contribution is -0.125. The first-order chi connectivity index (χ1) is 12.8.